The van der Waals surface area contributed by atoms with Crippen LogP contribution >= 0.6 is 0 Å². The Morgan fingerprint density at radius 1 is 0.900 bits per heavy atom. The largest absolute Gasteiger partial charge is 0.481 e. The lowest BCUT2D eigenvalue weighted by Crippen LogP contribution is -1.93. The third-order valence-electron chi connectivity index (χ3n) is 2.88. The Morgan fingerprint density at radius 2 is 1.50 bits per heavy atom. The zero-order valence-corrected chi connectivity index (χ0v) is 12.6. The number of allylic oxidation sites excluding steroid dienone is 2. The number of rotatable bonds is 15. The molecule has 0 spiro atoms. The minimum Gasteiger partial charge on any atom is -0.481 e. The highest BCUT2D eigenvalue weighted by Crippen LogP contribution is 2.09. The van der Waals surface area contributed by atoms with Gasteiger partial charge < -0.3 is 5.11 Å². The molecule has 0 saturated carbocycles. The van der Waals surface area contributed by atoms with Crippen molar-refractivity contribution in [3.05, 3.63) is 12.2 Å². The van der Waals surface area contributed by atoms with Crippen LogP contribution in [0.5, 0.6) is 0 Å². The second-order valence-electron chi connectivity index (χ2n) is 4.78. The molecule has 0 saturated heterocycles. The van der Waals surface area contributed by atoms with Crippen LogP contribution < -0.4 is 0 Å². The fourth-order valence-electron chi connectivity index (χ4n) is 1.78. The van der Waals surface area contributed by atoms with Crippen LogP contribution in [-0.2, 0) is 4.79 Å². The van der Waals surface area contributed by atoms with Crippen LogP contribution in [0.4, 0.5) is 0 Å². The second-order valence-corrected chi connectivity index (χ2v) is 4.78. The van der Waals surface area contributed by atoms with Gasteiger partial charge in [0.1, 0.15) is 0 Å². The van der Waals surface area contributed by atoms with Gasteiger partial charge in [-0.3, -0.25) is 4.79 Å². The van der Waals surface area contributed by atoms with Crippen LogP contribution in [0.1, 0.15) is 108 Å². The molecule has 0 bridgehead atoms. The van der Waals surface area contributed by atoms with Gasteiger partial charge in [-0.2, -0.15) is 0 Å². The molecule has 0 fully saturated rings. The predicted molar refractivity (Wildman–Crippen MR) is 87.1 cm³/mol. The zero-order valence-electron chi connectivity index (χ0n) is 20.6. The molecular formula is C18H34O2. The van der Waals surface area contributed by atoms with Crippen LogP contribution in [0.2, 0.25) is 0 Å². The summed E-state index contributed by atoms with van der Waals surface area (Å²) in [6.07, 6.45) is -0.653. The van der Waals surface area contributed by atoms with Gasteiger partial charge in [0.15, 0.2) is 0 Å². The van der Waals surface area contributed by atoms with E-state index in [9.17, 15) is 4.79 Å². The van der Waals surface area contributed by atoms with Crippen molar-refractivity contribution in [3.8, 4) is 0 Å². The van der Waals surface area contributed by atoms with Crippen molar-refractivity contribution in [2.75, 3.05) is 0 Å². The van der Waals surface area contributed by atoms with Crippen molar-refractivity contribution >= 4 is 5.97 Å². The van der Waals surface area contributed by atoms with E-state index < -0.39 is 31.5 Å². The third kappa shape index (κ3) is 17.2. The summed E-state index contributed by atoms with van der Waals surface area (Å²) in [5.74, 6) is -2.16. The van der Waals surface area contributed by atoms with Crippen LogP contribution in [-0.4, -0.2) is 11.1 Å². The van der Waals surface area contributed by atoms with Crippen LogP contribution in [0.25, 0.3) is 0 Å². The maximum absolute atomic E-state index is 11.0. The van der Waals surface area contributed by atoms with E-state index >= 15 is 0 Å². The third-order valence-corrected chi connectivity index (χ3v) is 2.88. The lowest BCUT2D eigenvalue weighted by atomic mass is 10.1. The topological polar surface area (TPSA) is 37.3 Å². The lowest BCUT2D eigenvalue weighted by molar-refractivity contribution is -0.137. The molecule has 20 heavy (non-hydrogen) atoms. The van der Waals surface area contributed by atoms with E-state index in [2.05, 4.69) is 6.92 Å². The Kier molecular flexibility index (Phi) is 7.54. The first-order chi connectivity index (χ1) is 12.8. The average molecular weight is 291 g/mol. The molecule has 0 unspecified atom stereocenters. The van der Waals surface area contributed by atoms with E-state index in [1.165, 1.54) is 32.1 Å². The SMILES string of the molecule is [2H]C([2H])(CCC/C=C\CCCCCCCC)C([2H])([2H])C([2H])([2H])C([2H])([2H])C(=O)O. The maximum atomic E-state index is 11.0. The quantitative estimate of drug-likeness (QED) is 0.292. The minimum absolute atomic E-state index is 0.256. The highest BCUT2D eigenvalue weighted by atomic mass is 16.4. The Labute approximate surface area is 136 Å². The Hall–Kier alpha value is -0.790. The zero-order chi connectivity index (χ0) is 22.1. The molecule has 0 aromatic rings. The number of carboxylic acids is 1. The van der Waals surface area contributed by atoms with Gasteiger partial charge in [0, 0.05) is 17.3 Å². The Bertz CT molecular complexity index is 504. The summed E-state index contributed by atoms with van der Waals surface area (Å²) in [6, 6.07) is 0. The van der Waals surface area contributed by atoms with Crippen molar-refractivity contribution in [3.63, 3.8) is 0 Å². The van der Waals surface area contributed by atoms with E-state index in [1.807, 2.05) is 12.2 Å². The number of aliphatic carboxylic acids is 1. The van der Waals surface area contributed by atoms with E-state index in [0.29, 0.717) is 6.42 Å². The molecule has 0 aliphatic heterocycles. The van der Waals surface area contributed by atoms with Crippen molar-refractivity contribution in [2.24, 2.45) is 0 Å². The summed E-state index contributed by atoms with van der Waals surface area (Å²) in [7, 11) is 0. The fourth-order valence-corrected chi connectivity index (χ4v) is 1.78. The van der Waals surface area contributed by atoms with E-state index in [-0.39, 0.29) is 12.8 Å². The molecule has 0 aliphatic carbocycles. The molecule has 0 aromatic heterocycles. The number of carbonyl (C=O) groups is 1. The molecule has 0 amide bonds. The summed E-state index contributed by atoms with van der Waals surface area (Å²) in [6.45, 7) is 2.17. The molecule has 1 N–H and O–H groups in total. The van der Waals surface area contributed by atoms with Gasteiger partial charge in [0.25, 0.3) is 0 Å². The predicted octanol–water partition coefficient (Wildman–Crippen LogP) is 6.11. The van der Waals surface area contributed by atoms with E-state index in [1.54, 1.807) is 0 Å². The number of carboxylic acid groups (broad SMARTS) is 1. The monoisotopic (exact) mass is 290 g/mol. The van der Waals surface area contributed by atoms with Crippen molar-refractivity contribution in [1.29, 1.82) is 0 Å². The summed E-state index contributed by atoms with van der Waals surface area (Å²) < 4.78 is 61.4. The molecule has 0 rings (SSSR count). The van der Waals surface area contributed by atoms with Gasteiger partial charge in [-0.05, 0) is 32.1 Å². The standard InChI is InChI=1S/C18H34O2/c1-2-3-4-5-6-7-8-9-10-11-12-13-14-15-16-17-18(19)20/h9-10H,2-8,11-17H2,1H3,(H,19,20)/b10-9-/i14D2,15D2,16D2,17D2. The molecule has 0 radical (unpaired) electrons. The van der Waals surface area contributed by atoms with Crippen LogP contribution in [0.3, 0.4) is 0 Å². The molecule has 0 aromatic carbocycles. The molecular weight excluding hydrogens is 248 g/mol. The van der Waals surface area contributed by atoms with Gasteiger partial charge >= 0.3 is 5.97 Å². The van der Waals surface area contributed by atoms with Crippen LogP contribution in [0, 0.1) is 0 Å². The lowest BCUT2D eigenvalue weighted by Gasteiger charge is -1.99. The van der Waals surface area contributed by atoms with Crippen molar-refractivity contribution in [2.45, 2.75) is 96.6 Å². The molecule has 118 valence electrons. The highest BCUT2D eigenvalue weighted by Gasteiger charge is 1.95. The molecule has 0 atom stereocenters. The summed E-state index contributed by atoms with van der Waals surface area (Å²) in [4.78, 5) is 11.0. The fraction of sp³-hybridized carbons (Fsp3) is 0.833. The van der Waals surface area contributed by atoms with Crippen molar-refractivity contribution < 1.29 is 20.9 Å². The first-order valence-electron chi connectivity index (χ1n) is 11.6. The summed E-state index contributed by atoms with van der Waals surface area (Å²) >= 11 is 0. The first-order valence-corrected chi connectivity index (χ1v) is 7.64. The highest BCUT2D eigenvalue weighted by molar-refractivity contribution is 5.66. The van der Waals surface area contributed by atoms with E-state index in [0.717, 1.165) is 12.8 Å². The van der Waals surface area contributed by atoms with Gasteiger partial charge in [-0.25, -0.2) is 0 Å². The Balaban J connectivity index is 4.52. The molecule has 2 nitrogen and oxygen atoms in total. The first kappa shape index (κ1) is 9.27. The number of unbranched alkanes of at least 4 members (excludes halogenated alkanes) is 7. The summed E-state index contributed by atoms with van der Waals surface area (Å²) in [5, 5.41) is 8.87. The molecule has 0 aliphatic rings. The number of hydrogen-bond acceptors (Lipinski definition) is 1. The summed E-state index contributed by atoms with van der Waals surface area (Å²) in [5.41, 5.74) is 0. The Morgan fingerprint density at radius 3 is 2.15 bits per heavy atom. The molecule has 0 heterocycles. The van der Waals surface area contributed by atoms with Crippen LogP contribution in [0.15, 0.2) is 12.2 Å². The van der Waals surface area contributed by atoms with Gasteiger partial charge in [-0.1, -0.05) is 70.3 Å². The van der Waals surface area contributed by atoms with Gasteiger partial charge in [-0.15, -0.1) is 0 Å². The smallest absolute Gasteiger partial charge is 0.303 e. The van der Waals surface area contributed by atoms with Gasteiger partial charge in [0.2, 0.25) is 0 Å². The maximum Gasteiger partial charge on any atom is 0.303 e. The minimum atomic E-state index is -3.55. The normalized spacial score (nSPS) is 20.1. The number of hydrogen-bond donors (Lipinski definition) is 1. The average Bonchev–Trinajstić information content (AvgIpc) is 2.58. The van der Waals surface area contributed by atoms with E-state index in [4.69, 9.17) is 16.1 Å². The van der Waals surface area contributed by atoms with Gasteiger partial charge in [0.05, 0.1) is 0 Å². The molecule has 2 heteroatoms. The van der Waals surface area contributed by atoms with Crippen molar-refractivity contribution in [1.82, 2.24) is 0 Å². The second kappa shape index (κ2) is 16.3.